The van der Waals surface area contributed by atoms with Crippen LogP contribution in [-0.4, -0.2) is 67.4 Å². The van der Waals surface area contributed by atoms with E-state index in [1.54, 1.807) is 18.7 Å². The molecule has 0 aromatic heterocycles. The quantitative estimate of drug-likeness (QED) is 0.875. The maximum atomic E-state index is 14.2. The topological polar surface area (TPSA) is 71.5 Å². The number of ether oxygens (including phenoxy) is 3. The lowest BCUT2D eigenvalue weighted by atomic mass is 10.2. The van der Waals surface area contributed by atoms with Gasteiger partial charge in [-0.3, -0.25) is 0 Å². The summed E-state index contributed by atoms with van der Waals surface area (Å²) in [5.74, 6) is -2.28. The van der Waals surface area contributed by atoms with Gasteiger partial charge in [0.25, 0.3) is 0 Å². The van der Waals surface area contributed by atoms with Gasteiger partial charge in [0.05, 0.1) is 12.3 Å². The largest absolute Gasteiger partial charge is 0.488 e. The van der Waals surface area contributed by atoms with E-state index in [1.807, 2.05) is 0 Å². The number of halogens is 2. The van der Waals surface area contributed by atoms with Crippen LogP contribution < -0.4 is 9.64 Å². The Morgan fingerprint density at radius 3 is 2.54 bits per heavy atom. The fourth-order valence-electron chi connectivity index (χ4n) is 3.04. The third-order valence-corrected chi connectivity index (χ3v) is 4.38. The molecule has 2 saturated heterocycles. The molecule has 0 unspecified atom stereocenters. The van der Waals surface area contributed by atoms with Gasteiger partial charge < -0.3 is 29.1 Å². The van der Waals surface area contributed by atoms with E-state index < -0.39 is 23.5 Å². The van der Waals surface area contributed by atoms with Crippen molar-refractivity contribution in [3.63, 3.8) is 0 Å². The normalized spacial score (nSPS) is 22.5. The number of benzene rings is 1. The Labute approximate surface area is 150 Å². The molecular weight excluding hydrogens is 350 g/mol. The molecule has 2 aliphatic rings. The molecule has 1 N–H and O–H groups in total. The highest BCUT2D eigenvalue weighted by atomic mass is 19.1. The molecule has 3 rings (SSSR count). The summed E-state index contributed by atoms with van der Waals surface area (Å²) in [6.45, 7) is 5.12. The van der Waals surface area contributed by atoms with Crippen LogP contribution in [0, 0.1) is 11.6 Å². The second-order valence-electron chi connectivity index (χ2n) is 6.75. The van der Waals surface area contributed by atoms with Crippen molar-refractivity contribution in [3.05, 3.63) is 23.8 Å². The first-order chi connectivity index (χ1) is 12.2. The summed E-state index contributed by atoms with van der Waals surface area (Å²) in [6.07, 6.45) is -1.34. The molecule has 1 atom stereocenters. The fourth-order valence-corrected chi connectivity index (χ4v) is 3.04. The van der Waals surface area contributed by atoms with Crippen LogP contribution in [0.25, 0.3) is 0 Å². The first kappa shape index (κ1) is 18.7. The summed E-state index contributed by atoms with van der Waals surface area (Å²) >= 11 is 0. The molecule has 0 radical (unpaired) electrons. The van der Waals surface area contributed by atoms with Gasteiger partial charge in [-0.2, -0.15) is 0 Å². The number of carbonyl (C=O) groups is 1. The smallest absolute Gasteiger partial charge is 0.407 e. The Kier molecular flexibility index (Phi) is 5.19. The Morgan fingerprint density at radius 1 is 1.27 bits per heavy atom. The molecule has 0 bridgehead atoms. The highest BCUT2D eigenvalue weighted by Crippen LogP contribution is 2.30. The SMILES string of the molecule is CC1(C)OC[C@@H](COc2cc(N3CCN(C(=O)O)CC3)c(F)cc2F)O1. The minimum atomic E-state index is -1.00. The zero-order valence-corrected chi connectivity index (χ0v) is 14.7. The molecule has 1 amide bonds. The molecule has 2 fully saturated rings. The Balaban J connectivity index is 1.66. The molecule has 0 spiro atoms. The number of nitrogens with zero attached hydrogens (tertiary/aromatic N) is 2. The predicted octanol–water partition coefficient (Wildman–Crippen LogP) is 2.30. The molecule has 0 aliphatic carbocycles. The van der Waals surface area contributed by atoms with Crippen LogP contribution in [0.5, 0.6) is 5.75 Å². The third kappa shape index (κ3) is 4.16. The molecule has 2 aliphatic heterocycles. The van der Waals surface area contributed by atoms with Crippen molar-refractivity contribution in [1.29, 1.82) is 0 Å². The zero-order valence-electron chi connectivity index (χ0n) is 14.7. The number of rotatable bonds is 4. The summed E-state index contributed by atoms with van der Waals surface area (Å²) in [7, 11) is 0. The van der Waals surface area contributed by atoms with E-state index >= 15 is 0 Å². The highest BCUT2D eigenvalue weighted by molar-refractivity contribution is 5.65. The van der Waals surface area contributed by atoms with Gasteiger partial charge in [-0.25, -0.2) is 13.6 Å². The van der Waals surface area contributed by atoms with Crippen molar-refractivity contribution in [1.82, 2.24) is 4.90 Å². The molecule has 0 saturated carbocycles. The third-order valence-electron chi connectivity index (χ3n) is 4.38. The number of carboxylic acid groups (broad SMARTS) is 1. The van der Waals surface area contributed by atoms with E-state index in [0.29, 0.717) is 19.7 Å². The average Bonchev–Trinajstić information content (AvgIpc) is 2.93. The molecule has 7 nitrogen and oxygen atoms in total. The van der Waals surface area contributed by atoms with E-state index in [4.69, 9.17) is 19.3 Å². The number of piperazine rings is 1. The van der Waals surface area contributed by atoms with Gasteiger partial charge in [-0.05, 0) is 13.8 Å². The van der Waals surface area contributed by atoms with Gasteiger partial charge in [-0.1, -0.05) is 0 Å². The van der Waals surface area contributed by atoms with Crippen LogP contribution in [0.4, 0.5) is 19.3 Å². The molecule has 26 heavy (non-hydrogen) atoms. The van der Waals surface area contributed by atoms with E-state index in [2.05, 4.69) is 0 Å². The van der Waals surface area contributed by atoms with Crippen molar-refractivity contribution in [3.8, 4) is 5.75 Å². The van der Waals surface area contributed by atoms with Gasteiger partial charge in [0.1, 0.15) is 18.5 Å². The summed E-state index contributed by atoms with van der Waals surface area (Å²) in [4.78, 5) is 13.9. The molecular formula is C17H22F2N2O5. The van der Waals surface area contributed by atoms with E-state index in [-0.39, 0.29) is 37.2 Å². The summed E-state index contributed by atoms with van der Waals surface area (Å²) < 4.78 is 44.8. The Morgan fingerprint density at radius 2 is 1.96 bits per heavy atom. The van der Waals surface area contributed by atoms with Gasteiger partial charge in [0, 0.05) is 38.3 Å². The summed E-state index contributed by atoms with van der Waals surface area (Å²) in [6, 6.07) is 2.09. The maximum Gasteiger partial charge on any atom is 0.407 e. The predicted molar refractivity (Wildman–Crippen MR) is 88.6 cm³/mol. The van der Waals surface area contributed by atoms with Crippen LogP contribution >= 0.6 is 0 Å². The maximum absolute atomic E-state index is 14.2. The standard InChI is InChI=1S/C17H22F2N2O5/c1-17(2)25-10-11(26-17)9-24-15-8-14(12(18)7-13(15)19)20-3-5-21(6-4-20)16(22)23/h7-8,11H,3-6,9-10H2,1-2H3,(H,22,23)/t11-/m1/s1. The van der Waals surface area contributed by atoms with Crippen molar-refractivity contribution >= 4 is 11.8 Å². The molecule has 9 heteroatoms. The van der Waals surface area contributed by atoms with Gasteiger partial charge in [0.2, 0.25) is 0 Å². The fraction of sp³-hybridized carbons (Fsp3) is 0.588. The van der Waals surface area contributed by atoms with Crippen molar-refractivity contribution in [2.75, 3.05) is 44.3 Å². The van der Waals surface area contributed by atoms with Crippen molar-refractivity contribution in [2.45, 2.75) is 25.7 Å². The van der Waals surface area contributed by atoms with Crippen molar-refractivity contribution < 1.29 is 32.9 Å². The first-order valence-corrected chi connectivity index (χ1v) is 8.41. The molecule has 144 valence electrons. The van der Waals surface area contributed by atoms with Crippen LogP contribution in [0.3, 0.4) is 0 Å². The Hall–Kier alpha value is -2.13. The monoisotopic (exact) mass is 372 g/mol. The lowest BCUT2D eigenvalue weighted by Crippen LogP contribution is -2.48. The number of anilines is 1. The summed E-state index contributed by atoms with van der Waals surface area (Å²) in [5, 5.41) is 8.98. The zero-order chi connectivity index (χ0) is 18.9. The number of amides is 1. The van der Waals surface area contributed by atoms with E-state index in [9.17, 15) is 13.6 Å². The lowest BCUT2D eigenvalue weighted by molar-refractivity contribution is -0.141. The van der Waals surface area contributed by atoms with Gasteiger partial charge >= 0.3 is 6.09 Å². The van der Waals surface area contributed by atoms with Crippen LogP contribution in [0.15, 0.2) is 12.1 Å². The number of hydrogen-bond donors (Lipinski definition) is 1. The second-order valence-corrected chi connectivity index (χ2v) is 6.75. The minimum absolute atomic E-state index is 0.0737. The van der Waals surface area contributed by atoms with Crippen molar-refractivity contribution in [2.24, 2.45) is 0 Å². The van der Waals surface area contributed by atoms with Crippen LogP contribution in [0.2, 0.25) is 0 Å². The Bertz CT molecular complexity index is 677. The molecule has 1 aromatic carbocycles. The molecule has 2 heterocycles. The highest BCUT2D eigenvalue weighted by Gasteiger charge is 2.33. The van der Waals surface area contributed by atoms with Gasteiger partial charge in [0.15, 0.2) is 17.4 Å². The summed E-state index contributed by atoms with van der Waals surface area (Å²) in [5.41, 5.74) is 0.190. The van der Waals surface area contributed by atoms with E-state index in [1.165, 1.54) is 11.0 Å². The number of hydrogen-bond acceptors (Lipinski definition) is 5. The molecule has 1 aromatic rings. The van der Waals surface area contributed by atoms with Gasteiger partial charge in [-0.15, -0.1) is 0 Å². The average molecular weight is 372 g/mol. The van der Waals surface area contributed by atoms with Crippen LogP contribution in [0.1, 0.15) is 13.8 Å². The minimum Gasteiger partial charge on any atom is -0.488 e. The first-order valence-electron chi connectivity index (χ1n) is 8.41. The second kappa shape index (κ2) is 7.24. The lowest BCUT2D eigenvalue weighted by Gasteiger charge is -2.34. The van der Waals surface area contributed by atoms with E-state index in [0.717, 1.165) is 6.07 Å². The van der Waals surface area contributed by atoms with Crippen LogP contribution in [-0.2, 0) is 9.47 Å².